The Labute approximate surface area is 101 Å². The van der Waals surface area contributed by atoms with Crippen LogP contribution in [0, 0.1) is 24.2 Å². The number of nitrogens with two attached hydrogens (primary N) is 1. The lowest BCUT2D eigenvalue weighted by molar-refractivity contribution is 0.397. The molecule has 1 aliphatic rings. The average molecular weight is 231 g/mol. The van der Waals surface area contributed by atoms with Crippen LogP contribution >= 0.6 is 0 Å². The van der Waals surface area contributed by atoms with Gasteiger partial charge in [0, 0.05) is 24.8 Å². The summed E-state index contributed by atoms with van der Waals surface area (Å²) >= 11 is 0. The molecule has 0 aliphatic carbocycles. The van der Waals surface area contributed by atoms with E-state index in [2.05, 4.69) is 27.9 Å². The van der Waals surface area contributed by atoms with Crippen LogP contribution in [-0.4, -0.2) is 29.1 Å². The van der Waals surface area contributed by atoms with Crippen molar-refractivity contribution >= 4 is 5.95 Å². The van der Waals surface area contributed by atoms with Crippen molar-refractivity contribution in [3.8, 4) is 6.07 Å². The van der Waals surface area contributed by atoms with Crippen molar-refractivity contribution in [3.63, 3.8) is 0 Å². The highest BCUT2D eigenvalue weighted by molar-refractivity contribution is 5.36. The van der Waals surface area contributed by atoms with Gasteiger partial charge in [-0.25, -0.2) is 9.97 Å². The summed E-state index contributed by atoms with van der Waals surface area (Å²) in [6.07, 6.45) is 1.04. The Morgan fingerprint density at radius 2 is 2.24 bits per heavy atom. The van der Waals surface area contributed by atoms with Crippen LogP contribution in [0.25, 0.3) is 0 Å². The Bertz CT molecular complexity index is 441. The molecule has 0 aromatic carbocycles. The van der Waals surface area contributed by atoms with Crippen molar-refractivity contribution in [1.82, 2.24) is 9.97 Å². The number of hydrogen-bond acceptors (Lipinski definition) is 5. The monoisotopic (exact) mass is 231 g/mol. The number of nitriles is 1. The smallest absolute Gasteiger partial charge is 0.226 e. The van der Waals surface area contributed by atoms with Gasteiger partial charge in [0.2, 0.25) is 5.95 Å². The van der Waals surface area contributed by atoms with Gasteiger partial charge in [-0.2, -0.15) is 5.26 Å². The van der Waals surface area contributed by atoms with Crippen molar-refractivity contribution in [3.05, 3.63) is 17.5 Å². The fourth-order valence-electron chi connectivity index (χ4n) is 2.31. The molecule has 1 fully saturated rings. The summed E-state index contributed by atoms with van der Waals surface area (Å²) in [6.45, 7) is 5.72. The van der Waals surface area contributed by atoms with E-state index in [1.807, 2.05) is 6.92 Å². The predicted octanol–water partition coefficient (Wildman–Crippen LogP) is 0.830. The Kier molecular flexibility index (Phi) is 3.25. The van der Waals surface area contributed by atoms with E-state index in [0.717, 1.165) is 25.2 Å². The Morgan fingerprint density at radius 3 is 2.88 bits per heavy atom. The molecule has 0 amide bonds. The fourth-order valence-corrected chi connectivity index (χ4v) is 2.31. The molecule has 1 aliphatic heterocycles. The van der Waals surface area contributed by atoms with E-state index in [4.69, 9.17) is 11.0 Å². The van der Waals surface area contributed by atoms with Gasteiger partial charge in [-0.3, -0.25) is 0 Å². The lowest BCUT2D eigenvalue weighted by Gasteiger charge is -2.34. The third kappa shape index (κ3) is 2.71. The molecule has 2 rings (SSSR count). The number of hydrogen-bond donors (Lipinski definition) is 1. The molecule has 2 atom stereocenters. The van der Waals surface area contributed by atoms with Crippen LogP contribution < -0.4 is 10.6 Å². The molecule has 0 spiro atoms. The van der Waals surface area contributed by atoms with Gasteiger partial charge < -0.3 is 10.6 Å². The van der Waals surface area contributed by atoms with E-state index in [-0.39, 0.29) is 6.04 Å². The molecule has 2 unspecified atom stereocenters. The molecule has 1 aromatic heterocycles. The van der Waals surface area contributed by atoms with E-state index < -0.39 is 0 Å². The van der Waals surface area contributed by atoms with Crippen molar-refractivity contribution in [1.29, 1.82) is 5.26 Å². The van der Waals surface area contributed by atoms with Crippen molar-refractivity contribution in [2.24, 2.45) is 11.7 Å². The number of nitrogens with zero attached hydrogens (tertiary/aromatic N) is 4. The van der Waals surface area contributed by atoms with Crippen LogP contribution in [0.4, 0.5) is 5.95 Å². The van der Waals surface area contributed by atoms with E-state index in [0.29, 0.717) is 17.6 Å². The van der Waals surface area contributed by atoms with Crippen LogP contribution in [0.15, 0.2) is 6.07 Å². The summed E-state index contributed by atoms with van der Waals surface area (Å²) in [5.74, 6) is 1.16. The van der Waals surface area contributed by atoms with E-state index in [1.165, 1.54) is 0 Å². The standard InChI is InChI=1S/C12H17N5/c1-8-3-10(14)7-17(6-8)12-15-9(2)4-11(5-13)16-12/h4,8,10H,3,6-7,14H2,1-2H3. The Hall–Kier alpha value is -1.67. The number of aryl methyl sites for hydroxylation is 1. The van der Waals surface area contributed by atoms with Crippen molar-refractivity contribution in [2.75, 3.05) is 18.0 Å². The minimum absolute atomic E-state index is 0.161. The first-order chi connectivity index (χ1) is 8.08. The molecule has 2 N–H and O–H groups in total. The zero-order valence-electron chi connectivity index (χ0n) is 10.2. The second-order valence-corrected chi connectivity index (χ2v) is 4.81. The first-order valence-electron chi connectivity index (χ1n) is 5.85. The van der Waals surface area contributed by atoms with Gasteiger partial charge in [-0.05, 0) is 25.3 Å². The fraction of sp³-hybridized carbons (Fsp3) is 0.583. The molecular formula is C12H17N5. The Morgan fingerprint density at radius 1 is 1.47 bits per heavy atom. The second kappa shape index (κ2) is 4.68. The van der Waals surface area contributed by atoms with Crippen LogP contribution in [0.2, 0.25) is 0 Å². The SMILES string of the molecule is Cc1cc(C#N)nc(N2CC(C)CC(N)C2)n1. The highest BCUT2D eigenvalue weighted by Gasteiger charge is 2.24. The molecule has 90 valence electrons. The largest absolute Gasteiger partial charge is 0.339 e. The summed E-state index contributed by atoms with van der Waals surface area (Å²) < 4.78 is 0. The molecular weight excluding hydrogens is 214 g/mol. The van der Waals surface area contributed by atoms with Crippen LogP contribution in [0.3, 0.4) is 0 Å². The lowest BCUT2D eigenvalue weighted by atomic mass is 9.97. The third-order valence-corrected chi connectivity index (χ3v) is 2.93. The van der Waals surface area contributed by atoms with Crippen molar-refractivity contribution < 1.29 is 0 Å². The third-order valence-electron chi connectivity index (χ3n) is 2.93. The van der Waals surface area contributed by atoms with Gasteiger partial charge in [0.25, 0.3) is 0 Å². The highest BCUT2D eigenvalue weighted by Crippen LogP contribution is 2.19. The zero-order chi connectivity index (χ0) is 12.4. The molecule has 5 heteroatoms. The average Bonchev–Trinajstić information content (AvgIpc) is 2.26. The number of piperidine rings is 1. The predicted molar refractivity (Wildman–Crippen MR) is 65.5 cm³/mol. The van der Waals surface area contributed by atoms with Crippen LogP contribution in [0.1, 0.15) is 24.7 Å². The first-order valence-corrected chi connectivity index (χ1v) is 5.85. The maximum atomic E-state index is 8.91. The van der Waals surface area contributed by atoms with Gasteiger partial charge in [-0.1, -0.05) is 6.92 Å². The van der Waals surface area contributed by atoms with Crippen LogP contribution in [0.5, 0.6) is 0 Å². The number of aromatic nitrogens is 2. The molecule has 17 heavy (non-hydrogen) atoms. The van der Waals surface area contributed by atoms with Crippen molar-refractivity contribution in [2.45, 2.75) is 26.3 Å². The molecule has 5 nitrogen and oxygen atoms in total. The molecule has 0 bridgehead atoms. The summed E-state index contributed by atoms with van der Waals surface area (Å²) in [4.78, 5) is 10.7. The quantitative estimate of drug-likeness (QED) is 0.774. The first kappa shape index (κ1) is 11.8. The summed E-state index contributed by atoms with van der Waals surface area (Å²) in [5, 5.41) is 8.91. The molecule has 2 heterocycles. The number of rotatable bonds is 1. The van der Waals surface area contributed by atoms with E-state index >= 15 is 0 Å². The van der Waals surface area contributed by atoms with Gasteiger partial charge in [0.05, 0.1) is 0 Å². The molecule has 1 aromatic rings. The summed E-state index contributed by atoms with van der Waals surface area (Å²) in [7, 11) is 0. The minimum atomic E-state index is 0.161. The molecule has 1 saturated heterocycles. The van der Waals surface area contributed by atoms with Gasteiger partial charge in [0.1, 0.15) is 11.8 Å². The molecule has 0 saturated carbocycles. The van der Waals surface area contributed by atoms with Gasteiger partial charge in [-0.15, -0.1) is 0 Å². The topological polar surface area (TPSA) is 78.8 Å². The number of anilines is 1. The van der Waals surface area contributed by atoms with E-state index in [9.17, 15) is 0 Å². The maximum Gasteiger partial charge on any atom is 0.226 e. The highest BCUT2D eigenvalue weighted by atomic mass is 15.3. The minimum Gasteiger partial charge on any atom is -0.339 e. The second-order valence-electron chi connectivity index (χ2n) is 4.81. The summed E-state index contributed by atoms with van der Waals surface area (Å²) in [6, 6.07) is 3.91. The molecule has 0 radical (unpaired) electrons. The zero-order valence-corrected chi connectivity index (χ0v) is 10.2. The summed E-state index contributed by atoms with van der Waals surface area (Å²) in [5.41, 5.74) is 7.23. The van der Waals surface area contributed by atoms with Crippen LogP contribution in [-0.2, 0) is 0 Å². The lowest BCUT2D eigenvalue weighted by Crippen LogP contribution is -2.47. The van der Waals surface area contributed by atoms with E-state index in [1.54, 1.807) is 6.07 Å². The van der Waals surface area contributed by atoms with Gasteiger partial charge in [0.15, 0.2) is 0 Å². The maximum absolute atomic E-state index is 8.91. The van der Waals surface area contributed by atoms with Gasteiger partial charge >= 0.3 is 0 Å². The normalized spacial score (nSPS) is 24.5. The Balaban J connectivity index is 2.27.